The van der Waals surface area contributed by atoms with E-state index in [0.29, 0.717) is 10.6 Å². The third-order valence-electron chi connectivity index (χ3n) is 4.26. The number of nitrogens with zero attached hydrogens (tertiary/aromatic N) is 3. The van der Waals surface area contributed by atoms with Crippen LogP contribution >= 0.6 is 11.6 Å². The summed E-state index contributed by atoms with van der Waals surface area (Å²) < 4.78 is 1.99. The first-order valence-corrected chi connectivity index (χ1v) is 8.35. The summed E-state index contributed by atoms with van der Waals surface area (Å²) in [7, 11) is 0. The topological polar surface area (TPSA) is 76.4 Å². The number of benzene rings is 3. The Balaban J connectivity index is 1.81. The maximum absolute atomic E-state index is 8.83. The standard InChI is InChI=1S/C20H15ClN4O/c21-17-7-2-1-6-16(17)13-4-3-5-15(10-13)25-12-23-18-11-14(20(22)24-26)8-9-19(18)25/h1-12,26H,(H2,22,24). The maximum Gasteiger partial charge on any atom is 0.170 e. The van der Waals surface area contributed by atoms with E-state index < -0.39 is 0 Å². The van der Waals surface area contributed by atoms with Crippen molar-refractivity contribution in [2.24, 2.45) is 10.9 Å². The third kappa shape index (κ3) is 2.78. The molecule has 5 nitrogen and oxygen atoms in total. The molecular formula is C20H15ClN4O. The van der Waals surface area contributed by atoms with Crippen molar-refractivity contribution in [1.82, 2.24) is 9.55 Å². The number of fused-ring (bicyclic) bond motifs is 1. The van der Waals surface area contributed by atoms with Crippen LogP contribution in [-0.2, 0) is 0 Å². The van der Waals surface area contributed by atoms with E-state index in [-0.39, 0.29) is 5.84 Å². The van der Waals surface area contributed by atoms with Gasteiger partial charge in [0, 0.05) is 21.8 Å². The molecule has 3 aromatic carbocycles. The average molecular weight is 363 g/mol. The number of hydrogen-bond donors (Lipinski definition) is 2. The lowest BCUT2D eigenvalue weighted by Gasteiger charge is -2.09. The molecule has 1 aromatic heterocycles. The van der Waals surface area contributed by atoms with Crippen LogP contribution in [0.1, 0.15) is 5.56 Å². The minimum atomic E-state index is 0.0576. The van der Waals surface area contributed by atoms with Crippen molar-refractivity contribution in [3.63, 3.8) is 0 Å². The van der Waals surface area contributed by atoms with E-state index in [1.165, 1.54) is 0 Å². The lowest BCUT2D eigenvalue weighted by Crippen LogP contribution is -2.12. The monoisotopic (exact) mass is 362 g/mol. The summed E-state index contributed by atoms with van der Waals surface area (Å²) in [6, 6.07) is 21.3. The smallest absolute Gasteiger partial charge is 0.170 e. The fraction of sp³-hybridized carbons (Fsp3) is 0. The SMILES string of the molecule is N/C(=N\O)c1ccc2c(c1)ncn2-c1cccc(-c2ccccc2Cl)c1. The van der Waals surface area contributed by atoms with Gasteiger partial charge in [-0.2, -0.15) is 0 Å². The Hall–Kier alpha value is -3.31. The normalized spacial score (nSPS) is 11.8. The van der Waals surface area contributed by atoms with E-state index in [1.807, 2.05) is 53.1 Å². The van der Waals surface area contributed by atoms with Gasteiger partial charge in [0.25, 0.3) is 0 Å². The van der Waals surface area contributed by atoms with Crippen molar-refractivity contribution in [2.75, 3.05) is 0 Å². The van der Waals surface area contributed by atoms with Gasteiger partial charge in [-0.05, 0) is 42.0 Å². The van der Waals surface area contributed by atoms with Gasteiger partial charge in [0.15, 0.2) is 5.84 Å². The summed E-state index contributed by atoms with van der Waals surface area (Å²) in [5.74, 6) is 0.0576. The zero-order valence-electron chi connectivity index (χ0n) is 13.7. The summed E-state index contributed by atoms with van der Waals surface area (Å²) in [5.41, 5.74) is 10.9. The van der Waals surface area contributed by atoms with Crippen LogP contribution in [0, 0.1) is 0 Å². The predicted molar refractivity (Wildman–Crippen MR) is 104 cm³/mol. The van der Waals surface area contributed by atoms with Gasteiger partial charge in [-0.1, -0.05) is 47.1 Å². The average Bonchev–Trinajstić information content (AvgIpc) is 3.11. The van der Waals surface area contributed by atoms with Crippen LogP contribution in [-0.4, -0.2) is 20.6 Å². The molecule has 0 saturated carbocycles. The molecule has 0 bridgehead atoms. The zero-order chi connectivity index (χ0) is 18.1. The van der Waals surface area contributed by atoms with Gasteiger partial charge >= 0.3 is 0 Å². The number of nitrogens with two attached hydrogens (primary N) is 1. The molecule has 3 N–H and O–H groups in total. The van der Waals surface area contributed by atoms with Crippen molar-refractivity contribution in [3.05, 3.63) is 83.6 Å². The van der Waals surface area contributed by atoms with Crippen molar-refractivity contribution in [1.29, 1.82) is 0 Å². The van der Waals surface area contributed by atoms with E-state index in [1.54, 1.807) is 18.5 Å². The molecule has 6 heteroatoms. The Bertz CT molecular complexity index is 1130. The minimum absolute atomic E-state index is 0.0576. The minimum Gasteiger partial charge on any atom is -0.409 e. The molecule has 0 saturated heterocycles. The Labute approximate surface area is 155 Å². The zero-order valence-corrected chi connectivity index (χ0v) is 14.4. The van der Waals surface area contributed by atoms with Crippen LogP contribution in [0.3, 0.4) is 0 Å². The highest BCUT2D eigenvalue weighted by molar-refractivity contribution is 6.33. The highest BCUT2D eigenvalue weighted by Gasteiger charge is 2.09. The summed E-state index contributed by atoms with van der Waals surface area (Å²) in [4.78, 5) is 4.44. The van der Waals surface area contributed by atoms with Gasteiger partial charge < -0.3 is 10.9 Å². The first kappa shape index (κ1) is 16.2. The molecule has 0 aliphatic heterocycles. The maximum atomic E-state index is 8.83. The van der Waals surface area contributed by atoms with Crippen LogP contribution in [0.5, 0.6) is 0 Å². The van der Waals surface area contributed by atoms with E-state index in [2.05, 4.69) is 16.2 Å². The number of aromatic nitrogens is 2. The molecule has 0 radical (unpaired) electrons. The van der Waals surface area contributed by atoms with E-state index in [0.717, 1.165) is 27.8 Å². The van der Waals surface area contributed by atoms with E-state index in [9.17, 15) is 0 Å². The molecule has 4 rings (SSSR count). The summed E-state index contributed by atoms with van der Waals surface area (Å²) in [6.07, 6.45) is 1.76. The molecule has 26 heavy (non-hydrogen) atoms. The molecule has 0 amide bonds. The molecule has 128 valence electrons. The molecule has 0 aliphatic rings. The number of rotatable bonds is 3. The Kier molecular flexibility index (Phi) is 4.07. The van der Waals surface area contributed by atoms with Crippen LogP contribution in [0.4, 0.5) is 0 Å². The quantitative estimate of drug-likeness (QED) is 0.245. The fourth-order valence-electron chi connectivity index (χ4n) is 2.95. The van der Waals surface area contributed by atoms with Gasteiger partial charge in [0.1, 0.15) is 6.33 Å². The van der Waals surface area contributed by atoms with Gasteiger partial charge in [-0.15, -0.1) is 0 Å². The van der Waals surface area contributed by atoms with Crippen LogP contribution in [0.15, 0.2) is 78.2 Å². The molecular weight excluding hydrogens is 348 g/mol. The second-order valence-corrected chi connectivity index (χ2v) is 6.24. The second-order valence-electron chi connectivity index (χ2n) is 5.83. The van der Waals surface area contributed by atoms with Crippen LogP contribution < -0.4 is 5.73 Å². The fourth-order valence-corrected chi connectivity index (χ4v) is 3.20. The van der Waals surface area contributed by atoms with E-state index >= 15 is 0 Å². The molecule has 0 atom stereocenters. The molecule has 0 fully saturated rings. The lowest BCUT2D eigenvalue weighted by atomic mass is 10.0. The number of halogens is 1. The first-order valence-electron chi connectivity index (χ1n) is 7.98. The second kappa shape index (κ2) is 6.54. The Morgan fingerprint density at radius 3 is 2.69 bits per heavy atom. The Morgan fingerprint density at radius 1 is 1.04 bits per heavy atom. The summed E-state index contributed by atoms with van der Waals surface area (Å²) in [6.45, 7) is 0. The molecule has 0 unspecified atom stereocenters. The van der Waals surface area contributed by atoms with Gasteiger partial charge in [0.05, 0.1) is 11.0 Å². The summed E-state index contributed by atoms with van der Waals surface area (Å²) in [5, 5.41) is 12.6. The van der Waals surface area contributed by atoms with Crippen molar-refractivity contribution in [3.8, 4) is 16.8 Å². The molecule has 4 aromatic rings. The summed E-state index contributed by atoms with van der Waals surface area (Å²) >= 11 is 6.33. The van der Waals surface area contributed by atoms with Crippen LogP contribution in [0.25, 0.3) is 27.8 Å². The van der Waals surface area contributed by atoms with Gasteiger partial charge in [0.2, 0.25) is 0 Å². The number of oxime groups is 1. The van der Waals surface area contributed by atoms with Gasteiger partial charge in [-0.3, -0.25) is 4.57 Å². The third-order valence-corrected chi connectivity index (χ3v) is 4.59. The molecule has 1 heterocycles. The van der Waals surface area contributed by atoms with Crippen molar-refractivity contribution < 1.29 is 5.21 Å². The number of hydrogen-bond acceptors (Lipinski definition) is 3. The molecule has 0 spiro atoms. The van der Waals surface area contributed by atoms with E-state index in [4.69, 9.17) is 22.5 Å². The Morgan fingerprint density at radius 2 is 1.88 bits per heavy atom. The highest BCUT2D eigenvalue weighted by atomic mass is 35.5. The first-order chi connectivity index (χ1) is 12.7. The van der Waals surface area contributed by atoms with Crippen molar-refractivity contribution >= 4 is 28.5 Å². The number of imidazole rings is 1. The molecule has 0 aliphatic carbocycles. The lowest BCUT2D eigenvalue weighted by molar-refractivity contribution is 0.318. The van der Waals surface area contributed by atoms with Crippen LogP contribution in [0.2, 0.25) is 5.02 Å². The van der Waals surface area contributed by atoms with Crippen molar-refractivity contribution in [2.45, 2.75) is 0 Å². The highest BCUT2D eigenvalue weighted by Crippen LogP contribution is 2.29. The predicted octanol–water partition coefficient (Wildman–Crippen LogP) is 4.44. The largest absolute Gasteiger partial charge is 0.409 e. The van der Waals surface area contributed by atoms with Gasteiger partial charge in [-0.25, -0.2) is 4.98 Å². The number of amidine groups is 1.